The topological polar surface area (TPSA) is 137 Å². The fraction of sp³-hybridized carbons (Fsp3) is 0.167. The molecule has 0 bridgehead atoms. The van der Waals surface area contributed by atoms with E-state index in [1.165, 1.54) is 0 Å². The number of pyridine rings is 2. The first-order chi connectivity index (χ1) is 19.4. The van der Waals surface area contributed by atoms with Crippen molar-refractivity contribution in [2.45, 2.75) is 20.0 Å². The van der Waals surface area contributed by atoms with Crippen LogP contribution in [0.1, 0.15) is 18.1 Å². The summed E-state index contributed by atoms with van der Waals surface area (Å²) in [7, 11) is 0. The van der Waals surface area contributed by atoms with Crippen LogP contribution >= 0.6 is 0 Å². The Bertz CT molecular complexity index is 1700. The molecule has 0 aliphatic carbocycles. The van der Waals surface area contributed by atoms with E-state index < -0.39 is 6.09 Å². The van der Waals surface area contributed by atoms with E-state index in [0.717, 1.165) is 38.9 Å². The highest BCUT2D eigenvalue weighted by Crippen LogP contribution is 2.33. The molecule has 0 saturated heterocycles. The van der Waals surface area contributed by atoms with Crippen molar-refractivity contribution >= 4 is 39.8 Å². The van der Waals surface area contributed by atoms with Gasteiger partial charge in [-0.25, -0.2) is 14.8 Å². The molecule has 10 nitrogen and oxygen atoms in total. The van der Waals surface area contributed by atoms with Crippen LogP contribution in [0.3, 0.4) is 0 Å². The summed E-state index contributed by atoms with van der Waals surface area (Å²) < 4.78 is 7.25. The van der Waals surface area contributed by atoms with Gasteiger partial charge in [-0.2, -0.15) is 0 Å². The van der Waals surface area contributed by atoms with Crippen molar-refractivity contribution < 1.29 is 14.3 Å². The fourth-order valence-electron chi connectivity index (χ4n) is 4.36. The Morgan fingerprint density at radius 3 is 2.52 bits per heavy atom. The summed E-state index contributed by atoms with van der Waals surface area (Å²) in [6.07, 6.45) is 2.95. The third-order valence-electron chi connectivity index (χ3n) is 6.34. The van der Waals surface area contributed by atoms with Crippen LogP contribution in [0, 0.1) is 0 Å². The smallest absolute Gasteiger partial charge is 0.407 e. The lowest BCUT2D eigenvalue weighted by atomic mass is 10.1. The standard InChI is InChI=1S/C30H29N7O3/c1-19(2)29(38)33-14-15-40-30(39)34-16-20-9-11-21(12-10-20)18-37-26-23-7-3-4-8-24(23)35-27(31)25(26)36-28(37)22-6-5-13-32-17-22/h3-13,17H,1,14-16,18H2,2H3,(H2,31,35)(H,33,38)(H,34,39). The van der Waals surface area contributed by atoms with Gasteiger partial charge in [0.15, 0.2) is 5.82 Å². The lowest BCUT2D eigenvalue weighted by Gasteiger charge is -2.12. The number of carbonyl (C=O) groups is 2. The molecule has 40 heavy (non-hydrogen) atoms. The van der Waals surface area contributed by atoms with Gasteiger partial charge in [-0.1, -0.05) is 49.0 Å². The van der Waals surface area contributed by atoms with Crippen LogP contribution in [0.5, 0.6) is 0 Å². The monoisotopic (exact) mass is 535 g/mol. The maximum atomic E-state index is 12.0. The number of hydrogen-bond donors (Lipinski definition) is 3. The molecule has 0 saturated carbocycles. The predicted octanol–water partition coefficient (Wildman–Crippen LogP) is 4.20. The third-order valence-corrected chi connectivity index (χ3v) is 6.34. The van der Waals surface area contributed by atoms with E-state index in [-0.39, 0.29) is 19.1 Å². The van der Waals surface area contributed by atoms with E-state index in [1.54, 1.807) is 19.3 Å². The SMILES string of the molecule is C=C(C)C(=O)NCCOC(=O)NCc1ccc(Cn2c(-c3cccnc3)nc3c(N)nc4ccccc4c32)cc1. The lowest BCUT2D eigenvalue weighted by molar-refractivity contribution is -0.117. The lowest BCUT2D eigenvalue weighted by Crippen LogP contribution is -2.31. The number of rotatable bonds is 9. The summed E-state index contributed by atoms with van der Waals surface area (Å²) in [5.74, 6) is 0.860. The van der Waals surface area contributed by atoms with Crippen LogP contribution in [0.4, 0.5) is 10.6 Å². The largest absolute Gasteiger partial charge is 0.448 e. The Morgan fingerprint density at radius 1 is 1.00 bits per heavy atom. The molecule has 3 heterocycles. The Balaban J connectivity index is 1.33. The Labute approximate surface area is 230 Å². The van der Waals surface area contributed by atoms with Crippen LogP contribution in [0.2, 0.25) is 0 Å². The van der Waals surface area contributed by atoms with Crippen molar-refractivity contribution in [3.8, 4) is 11.4 Å². The number of carbonyl (C=O) groups excluding carboxylic acids is 2. The number of nitrogens with two attached hydrogens (primary N) is 1. The van der Waals surface area contributed by atoms with Gasteiger partial charge >= 0.3 is 6.09 Å². The quantitative estimate of drug-likeness (QED) is 0.190. The van der Waals surface area contributed by atoms with Crippen molar-refractivity contribution in [3.05, 3.63) is 96.3 Å². The molecule has 0 aliphatic heterocycles. The second-order valence-electron chi connectivity index (χ2n) is 9.32. The van der Waals surface area contributed by atoms with Crippen LogP contribution < -0.4 is 16.4 Å². The Hall–Kier alpha value is -5.25. The van der Waals surface area contributed by atoms with Crippen molar-refractivity contribution in [2.24, 2.45) is 0 Å². The minimum Gasteiger partial charge on any atom is -0.448 e. The number of nitrogens with zero attached hydrogens (tertiary/aromatic N) is 4. The number of fused-ring (bicyclic) bond motifs is 3. The number of imidazole rings is 1. The number of para-hydroxylation sites is 1. The Kier molecular flexibility index (Phi) is 7.68. The number of amides is 2. The molecule has 0 aliphatic rings. The van der Waals surface area contributed by atoms with Crippen LogP contribution in [0.15, 0.2) is 85.2 Å². The van der Waals surface area contributed by atoms with Crippen LogP contribution in [-0.2, 0) is 22.6 Å². The van der Waals surface area contributed by atoms with Crippen LogP contribution in [0.25, 0.3) is 33.3 Å². The minimum atomic E-state index is -0.558. The molecule has 2 amide bonds. The first-order valence-electron chi connectivity index (χ1n) is 12.8. The minimum absolute atomic E-state index is 0.0661. The van der Waals surface area contributed by atoms with E-state index in [1.807, 2.05) is 60.7 Å². The normalized spacial score (nSPS) is 10.9. The molecule has 5 aromatic rings. The van der Waals surface area contributed by atoms with Crippen molar-refractivity contribution in [2.75, 3.05) is 18.9 Å². The van der Waals surface area contributed by atoms with Gasteiger partial charge in [-0.15, -0.1) is 0 Å². The highest BCUT2D eigenvalue weighted by Gasteiger charge is 2.19. The zero-order valence-corrected chi connectivity index (χ0v) is 22.1. The zero-order valence-electron chi connectivity index (χ0n) is 22.1. The first kappa shape index (κ1) is 26.4. The zero-order chi connectivity index (χ0) is 28.1. The molecule has 10 heteroatoms. The molecule has 202 valence electrons. The number of hydrogen-bond acceptors (Lipinski definition) is 7. The van der Waals surface area contributed by atoms with Gasteiger partial charge in [0.1, 0.15) is 17.9 Å². The van der Waals surface area contributed by atoms with Crippen molar-refractivity contribution in [1.82, 2.24) is 30.2 Å². The van der Waals surface area contributed by atoms with E-state index in [2.05, 4.69) is 31.7 Å². The summed E-state index contributed by atoms with van der Waals surface area (Å²) in [4.78, 5) is 37.2. The predicted molar refractivity (Wildman–Crippen MR) is 154 cm³/mol. The summed E-state index contributed by atoms with van der Waals surface area (Å²) in [6, 6.07) is 19.7. The molecule has 0 spiro atoms. The first-order valence-corrected chi connectivity index (χ1v) is 12.8. The number of nitrogens with one attached hydrogen (secondary N) is 2. The maximum absolute atomic E-state index is 12.0. The number of anilines is 1. The van der Waals surface area contributed by atoms with Gasteiger partial charge in [0.25, 0.3) is 0 Å². The molecule has 4 N–H and O–H groups in total. The fourth-order valence-corrected chi connectivity index (χ4v) is 4.36. The third kappa shape index (κ3) is 5.75. The average molecular weight is 536 g/mol. The summed E-state index contributed by atoms with van der Waals surface area (Å²) >= 11 is 0. The molecule has 5 rings (SSSR count). The second kappa shape index (κ2) is 11.6. The van der Waals surface area contributed by atoms with E-state index in [4.69, 9.17) is 15.5 Å². The summed E-state index contributed by atoms with van der Waals surface area (Å²) in [5.41, 5.74) is 11.9. The van der Waals surface area contributed by atoms with Crippen molar-refractivity contribution in [1.29, 1.82) is 0 Å². The van der Waals surface area contributed by atoms with Gasteiger partial charge in [0.05, 0.1) is 17.6 Å². The molecular weight excluding hydrogens is 506 g/mol. The van der Waals surface area contributed by atoms with E-state index in [0.29, 0.717) is 30.0 Å². The molecule has 0 unspecified atom stereocenters. The highest BCUT2D eigenvalue weighted by atomic mass is 16.5. The highest BCUT2D eigenvalue weighted by molar-refractivity contribution is 6.07. The van der Waals surface area contributed by atoms with Gasteiger partial charge in [-0.05, 0) is 36.2 Å². The van der Waals surface area contributed by atoms with Gasteiger partial charge in [0.2, 0.25) is 5.91 Å². The molecule has 3 aromatic heterocycles. The maximum Gasteiger partial charge on any atom is 0.407 e. The number of benzene rings is 2. The van der Waals surface area contributed by atoms with Crippen molar-refractivity contribution in [3.63, 3.8) is 0 Å². The molecule has 0 fully saturated rings. The molecular formula is C30H29N7O3. The summed E-state index contributed by atoms with van der Waals surface area (Å²) in [5, 5.41) is 6.30. The Morgan fingerprint density at radius 2 is 1.77 bits per heavy atom. The average Bonchev–Trinajstić information content (AvgIpc) is 3.35. The number of ether oxygens (including phenoxy) is 1. The number of alkyl carbamates (subject to hydrolysis) is 1. The van der Waals surface area contributed by atoms with E-state index in [9.17, 15) is 9.59 Å². The van der Waals surface area contributed by atoms with E-state index >= 15 is 0 Å². The molecule has 0 atom stereocenters. The second-order valence-corrected chi connectivity index (χ2v) is 9.32. The van der Waals surface area contributed by atoms with Crippen LogP contribution in [-0.4, -0.2) is 44.7 Å². The van der Waals surface area contributed by atoms with Gasteiger partial charge in [-0.3, -0.25) is 9.78 Å². The number of aromatic nitrogens is 4. The summed E-state index contributed by atoms with van der Waals surface area (Å²) in [6.45, 7) is 6.30. The molecule has 2 aromatic carbocycles. The van der Waals surface area contributed by atoms with Gasteiger partial charge < -0.3 is 25.7 Å². The number of nitrogen functional groups attached to an aromatic ring is 1. The molecule has 0 radical (unpaired) electrons. The van der Waals surface area contributed by atoms with Gasteiger partial charge in [0, 0.05) is 42.0 Å².